The molecule has 0 aliphatic carbocycles. The van der Waals surface area contributed by atoms with Gasteiger partial charge in [0.1, 0.15) is 5.71 Å². The first-order chi connectivity index (χ1) is 15.6. The first kappa shape index (κ1) is 24.3. The van der Waals surface area contributed by atoms with Crippen molar-refractivity contribution in [1.29, 1.82) is 0 Å². The number of fused-ring (bicyclic) bond motifs is 1. The lowest BCUT2D eigenvalue weighted by atomic mass is 10.0. The largest absolute Gasteiger partial charge is 0.573 e. The number of nitrogens with zero attached hydrogens (tertiary/aromatic N) is 2. The molecule has 0 atom stereocenters. The number of piperidine rings is 1. The van der Waals surface area contributed by atoms with Gasteiger partial charge in [-0.05, 0) is 63.5 Å². The number of anilines is 1. The number of aliphatic imine (C=N–C) groups is 1. The Morgan fingerprint density at radius 3 is 2.58 bits per heavy atom. The van der Waals surface area contributed by atoms with E-state index in [1.165, 1.54) is 18.2 Å². The molecular weight excluding hydrogens is 433 g/mol. The van der Waals surface area contributed by atoms with Crippen molar-refractivity contribution in [2.75, 3.05) is 25.9 Å². The predicted octanol–water partition coefficient (Wildman–Crippen LogP) is 4.52. The van der Waals surface area contributed by atoms with E-state index in [0.717, 1.165) is 25.9 Å². The van der Waals surface area contributed by atoms with Crippen LogP contribution >= 0.6 is 0 Å². The summed E-state index contributed by atoms with van der Waals surface area (Å²) in [5, 5.41) is 4.04. The maximum atomic E-state index is 12.7. The van der Waals surface area contributed by atoms with Crippen LogP contribution in [0.4, 0.5) is 18.9 Å². The van der Waals surface area contributed by atoms with Gasteiger partial charge in [0, 0.05) is 17.0 Å². The summed E-state index contributed by atoms with van der Waals surface area (Å²) in [6.45, 7) is 7.15. The van der Waals surface area contributed by atoms with Crippen molar-refractivity contribution < 1.29 is 22.7 Å². The van der Waals surface area contributed by atoms with Crippen molar-refractivity contribution in [2.24, 2.45) is 4.99 Å². The summed E-state index contributed by atoms with van der Waals surface area (Å²) in [6, 6.07) is 7.87. The highest BCUT2D eigenvalue weighted by Crippen LogP contribution is 2.35. The van der Waals surface area contributed by atoms with E-state index in [1.54, 1.807) is 31.2 Å². The molecule has 0 saturated carbocycles. The molecule has 33 heavy (non-hydrogen) atoms. The molecule has 0 unspecified atom stereocenters. The summed E-state index contributed by atoms with van der Waals surface area (Å²) >= 11 is 0. The Hall–Kier alpha value is -3.33. The molecular formula is C24H27F3N4O2. The molecule has 6 nitrogen and oxygen atoms in total. The number of carbonyl (C=O) groups excluding carboxylic acids is 1. The fraction of sp³-hybridized carbons (Fsp3) is 0.333. The number of hydrogen-bond donors (Lipinski definition) is 2. The predicted molar refractivity (Wildman–Crippen MR) is 125 cm³/mol. The average molecular weight is 461 g/mol. The zero-order valence-electron chi connectivity index (χ0n) is 18.6. The van der Waals surface area contributed by atoms with Crippen LogP contribution in [0.1, 0.15) is 25.3 Å². The van der Waals surface area contributed by atoms with E-state index in [4.69, 9.17) is 5.73 Å². The molecule has 1 heterocycles. The van der Waals surface area contributed by atoms with Gasteiger partial charge in [-0.3, -0.25) is 4.79 Å². The first-order valence-electron chi connectivity index (χ1n) is 10.5. The first-order valence-corrected chi connectivity index (χ1v) is 10.5. The Morgan fingerprint density at radius 2 is 1.94 bits per heavy atom. The van der Waals surface area contributed by atoms with Gasteiger partial charge in [0.15, 0.2) is 5.75 Å². The topological polar surface area (TPSA) is 80.0 Å². The number of nitrogens with one attached hydrogen (secondary N) is 1. The lowest BCUT2D eigenvalue weighted by molar-refractivity contribution is -0.274. The Kier molecular flexibility index (Phi) is 7.43. The van der Waals surface area contributed by atoms with Crippen molar-refractivity contribution in [2.45, 2.75) is 32.2 Å². The summed E-state index contributed by atoms with van der Waals surface area (Å²) in [5.41, 5.74) is 7.11. The van der Waals surface area contributed by atoms with Crippen LogP contribution in [-0.2, 0) is 4.79 Å². The van der Waals surface area contributed by atoms with Crippen molar-refractivity contribution >= 4 is 33.8 Å². The molecule has 0 radical (unpaired) electrons. The molecule has 9 heteroatoms. The summed E-state index contributed by atoms with van der Waals surface area (Å²) in [6.07, 6.45) is 0.0433. The number of carbonyl (C=O) groups is 1. The third-order valence-electron chi connectivity index (χ3n) is 5.49. The third kappa shape index (κ3) is 6.35. The van der Waals surface area contributed by atoms with Gasteiger partial charge < -0.3 is 20.7 Å². The molecule has 2 aromatic rings. The Morgan fingerprint density at radius 1 is 1.27 bits per heavy atom. The zero-order valence-corrected chi connectivity index (χ0v) is 18.6. The number of hydrogen-bond acceptors (Lipinski definition) is 5. The summed E-state index contributed by atoms with van der Waals surface area (Å²) in [7, 11) is 2.05. The van der Waals surface area contributed by atoms with E-state index in [0.29, 0.717) is 22.0 Å². The number of likely N-dealkylation sites (tertiary alicyclic amines) is 1. The molecule has 0 bridgehead atoms. The molecule has 1 amide bonds. The number of alkyl halides is 3. The van der Waals surface area contributed by atoms with E-state index in [9.17, 15) is 18.0 Å². The molecule has 3 rings (SSSR count). The van der Waals surface area contributed by atoms with Crippen LogP contribution in [-0.4, -0.2) is 49.1 Å². The van der Waals surface area contributed by atoms with Crippen LogP contribution in [0.25, 0.3) is 16.5 Å². The molecule has 1 saturated heterocycles. The quantitative estimate of drug-likeness (QED) is 0.377. The van der Waals surface area contributed by atoms with Gasteiger partial charge in [-0.2, -0.15) is 0 Å². The number of nitrogen functional groups attached to an aromatic ring is 1. The molecule has 0 spiro atoms. The van der Waals surface area contributed by atoms with Crippen LogP contribution in [0.15, 0.2) is 54.1 Å². The van der Waals surface area contributed by atoms with Crippen molar-refractivity contribution in [3.8, 4) is 5.75 Å². The minimum absolute atomic E-state index is 0.0956. The maximum absolute atomic E-state index is 12.7. The van der Waals surface area contributed by atoms with Crippen molar-refractivity contribution in [3.05, 3.63) is 54.6 Å². The van der Waals surface area contributed by atoms with Gasteiger partial charge in [0.25, 0.3) is 5.91 Å². The highest BCUT2D eigenvalue weighted by atomic mass is 19.4. The molecule has 3 N–H and O–H groups in total. The molecule has 1 fully saturated rings. The zero-order chi connectivity index (χ0) is 24.2. The average Bonchev–Trinajstić information content (AvgIpc) is 2.76. The normalized spacial score (nSPS) is 16.6. The number of amides is 1. The van der Waals surface area contributed by atoms with Crippen LogP contribution in [0.5, 0.6) is 5.75 Å². The number of allylic oxidation sites excluding steroid dienone is 2. The standard InChI is InChI=1S/C24H27F3N4O2/c1-4-5-20(29-15(2)23(32)30-18-10-12-31(3)13-11-18)17-7-6-16-8-9-21(33-24(25,26)27)22(28)19(16)14-17/h4-9,14,18H,1,10-13,28H2,2-3H3,(H,30,32)/b20-5-,29-15?. The van der Waals surface area contributed by atoms with Gasteiger partial charge in [-0.15, -0.1) is 13.2 Å². The smallest absolute Gasteiger partial charge is 0.404 e. The number of nitrogens with two attached hydrogens (primary N) is 1. The van der Waals surface area contributed by atoms with Gasteiger partial charge in [-0.1, -0.05) is 30.9 Å². The molecule has 0 aromatic heterocycles. The number of halogens is 3. The number of benzene rings is 2. The Labute approximate surface area is 190 Å². The monoisotopic (exact) mass is 460 g/mol. The van der Waals surface area contributed by atoms with Gasteiger partial charge in [0.2, 0.25) is 0 Å². The summed E-state index contributed by atoms with van der Waals surface area (Å²) in [4.78, 5) is 19.3. The Balaban J connectivity index is 1.88. The minimum Gasteiger partial charge on any atom is -0.404 e. The van der Waals surface area contributed by atoms with Crippen LogP contribution in [0.2, 0.25) is 0 Å². The fourth-order valence-corrected chi connectivity index (χ4v) is 3.68. The van der Waals surface area contributed by atoms with Crippen molar-refractivity contribution in [1.82, 2.24) is 10.2 Å². The second-order valence-corrected chi connectivity index (χ2v) is 8.00. The molecule has 1 aliphatic rings. The summed E-state index contributed by atoms with van der Waals surface area (Å²) in [5.74, 6) is -0.737. The summed E-state index contributed by atoms with van der Waals surface area (Å²) < 4.78 is 42.1. The molecule has 2 aromatic carbocycles. The van der Waals surface area contributed by atoms with Crippen molar-refractivity contribution in [3.63, 3.8) is 0 Å². The van der Waals surface area contributed by atoms with Crippen LogP contribution in [0.3, 0.4) is 0 Å². The van der Waals surface area contributed by atoms with E-state index in [-0.39, 0.29) is 23.3 Å². The molecule has 1 aliphatic heterocycles. The van der Waals surface area contributed by atoms with Gasteiger partial charge in [-0.25, -0.2) is 4.99 Å². The van der Waals surface area contributed by atoms with E-state index in [1.807, 2.05) is 7.05 Å². The highest BCUT2D eigenvalue weighted by molar-refractivity contribution is 6.38. The second kappa shape index (κ2) is 10.1. The lowest BCUT2D eigenvalue weighted by Crippen LogP contribution is -2.45. The third-order valence-corrected chi connectivity index (χ3v) is 5.49. The number of rotatable bonds is 6. The minimum atomic E-state index is -4.85. The SMILES string of the molecule is C=C/C=C(\N=C(C)C(=O)NC1CCN(C)CC1)c1ccc2ccc(OC(F)(F)F)c(N)c2c1. The number of ether oxygens (including phenoxy) is 1. The van der Waals surface area contributed by atoms with Crippen LogP contribution < -0.4 is 15.8 Å². The van der Waals surface area contributed by atoms with Gasteiger partial charge in [0.05, 0.1) is 11.4 Å². The van der Waals surface area contributed by atoms with E-state index in [2.05, 4.69) is 26.5 Å². The van der Waals surface area contributed by atoms with E-state index < -0.39 is 12.1 Å². The maximum Gasteiger partial charge on any atom is 0.573 e. The lowest BCUT2D eigenvalue weighted by Gasteiger charge is -2.29. The van der Waals surface area contributed by atoms with Gasteiger partial charge >= 0.3 is 6.36 Å². The molecule has 176 valence electrons. The van der Waals surface area contributed by atoms with E-state index >= 15 is 0 Å². The van der Waals surface area contributed by atoms with Crippen LogP contribution in [0, 0.1) is 0 Å². The fourth-order valence-electron chi connectivity index (χ4n) is 3.68. The Bertz CT molecular complexity index is 1100. The highest BCUT2D eigenvalue weighted by Gasteiger charge is 2.32. The second-order valence-electron chi connectivity index (χ2n) is 8.00.